The lowest BCUT2D eigenvalue weighted by Gasteiger charge is -2.23. The zero-order valence-electron chi connectivity index (χ0n) is 16.1. The molecule has 4 nitrogen and oxygen atoms in total. The van der Waals surface area contributed by atoms with Crippen molar-refractivity contribution in [2.45, 2.75) is 10.9 Å². The summed E-state index contributed by atoms with van der Waals surface area (Å²) < 4.78 is 29.1. The first kappa shape index (κ1) is 21.8. The molecule has 7 heteroatoms. The zero-order chi connectivity index (χ0) is 21.0. The zero-order valence-corrected chi connectivity index (χ0v) is 18.5. The summed E-state index contributed by atoms with van der Waals surface area (Å²) in [5.74, 6) is 0. The molecule has 29 heavy (non-hydrogen) atoms. The Morgan fingerprint density at radius 3 is 2.21 bits per heavy atom. The Morgan fingerprint density at radius 1 is 0.862 bits per heavy atom. The number of halogens is 2. The maximum absolute atomic E-state index is 13.1. The SMILES string of the molecule is CN(C)C[C@@H](NS(=O)(=O)c1cccc(-c2ccccc2)c1)c1ccc(Cl)c(Cl)c1. The minimum Gasteiger partial charge on any atom is -0.307 e. The summed E-state index contributed by atoms with van der Waals surface area (Å²) in [7, 11) is 0.00809. The van der Waals surface area contributed by atoms with Gasteiger partial charge in [0.05, 0.1) is 21.0 Å². The van der Waals surface area contributed by atoms with Crippen molar-refractivity contribution in [3.05, 3.63) is 88.4 Å². The van der Waals surface area contributed by atoms with Gasteiger partial charge in [-0.05, 0) is 55.1 Å². The lowest BCUT2D eigenvalue weighted by Crippen LogP contribution is -2.35. The molecule has 3 aromatic carbocycles. The normalized spacial score (nSPS) is 12.9. The standard InChI is InChI=1S/C22H22Cl2N2O2S/c1-26(2)15-22(18-11-12-20(23)21(24)14-18)25-29(27,28)19-10-6-9-17(13-19)16-7-4-3-5-8-16/h3-14,22,25H,15H2,1-2H3/t22-/m1/s1. The van der Waals surface area contributed by atoms with Crippen LogP contribution in [0.5, 0.6) is 0 Å². The van der Waals surface area contributed by atoms with Crippen LogP contribution in [0.1, 0.15) is 11.6 Å². The maximum atomic E-state index is 13.1. The second-order valence-electron chi connectivity index (χ2n) is 7.00. The van der Waals surface area contributed by atoms with E-state index in [0.29, 0.717) is 16.6 Å². The van der Waals surface area contributed by atoms with Crippen LogP contribution in [0.2, 0.25) is 10.0 Å². The van der Waals surface area contributed by atoms with Crippen LogP contribution in [-0.4, -0.2) is 34.0 Å². The quantitative estimate of drug-likeness (QED) is 0.537. The highest BCUT2D eigenvalue weighted by molar-refractivity contribution is 7.89. The fourth-order valence-electron chi connectivity index (χ4n) is 3.03. The van der Waals surface area contributed by atoms with Crippen LogP contribution < -0.4 is 4.72 Å². The van der Waals surface area contributed by atoms with Gasteiger partial charge in [-0.1, -0.05) is 71.7 Å². The predicted octanol–water partition coefficient (Wildman–Crippen LogP) is 5.24. The third-order valence-electron chi connectivity index (χ3n) is 4.44. The Kier molecular flexibility index (Phi) is 6.98. The van der Waals surface area contributed by atoms with E-state index in [1.165, 1.54) is 0 Å². The second-order valence-corrected chi connectivity index (χ2v) is 9.53. The highest BCUT2D eigenvalue weighted by Gasteiger charge is 2.23. The Labute approximate surface area is 182 Å². The molecule has 0 fully saturated rings. The third-order valence-corrected chi connectivity index (χ3v) is 6.65. The van der Waals surface area contributed by atoms with Gasteiger partial charge in [0.25, 0.3) is 0 Å². The fourth-order valence-corrected chi connectivity index (χ4v) is 4.60. The molecule has 0 aliphatic heterocycles. The summed E-state index contributed by atoms with van der Waals surface area (Å²) in [6.45, 7) is 0.468. The van der Waals surface area contributed by atoms with E-state index in [-0.39, 0.29) is 4.90 Å². The van der Waals surface area contributed by atoms with Gasteiger partial charge in [-0.15, -0.1) is 0 Å². The van der Waals surface area contributed by atoms with E-state index < -0.39 is 16.1 Å². The molecular weight excluding hydrogens is 427 g/mol. The van der Waals surface area contributed by atoms with E-state index in [1.54, 1.807) is 36.4 Å². The minimum atomic E-state index is -3.76. The van der Waals surface area contributed by atoms with E-state index in [1.807, 2.05) is 55.4 Å². The molecule has 3 aromatic rings. The first-order chi connectivity index (χ1) is 13.8. The third kappa shape index (κ3) is 5.59. The monoisotopic (exact) mass is 448 g/mol. The van der Waals surface area contributed by atoms with Gasteiger partial charge in [-0.2, -0.15) is 0 Å². The summed E-state index contributed by atoms with van der Waals surface area (Å²) >= 11 is 12.2. The molecule has 0 unspecified atom stereocenters. The Bertz CT molecular complexity index is 1090. The Hall–Kier alpha value is -1.89. The molecule has 0 heterocycles. The van der Waals surface area contributed by atoms with Crippen molar-refractivity contribution in [3.63, 3.8) is 0 Å². The highest BCUT2D eigenvalue weighted by atomic mass is 35.5. The molecule has 0 aliphatic rings. The minimum absolute atomic E-state index is 0.211. The molecule has 0 amide bonds. The van der Waals surface area contributed by atoms with Gasteiger partial charge < -0.3 is 4.90 Å². The molecule has 1 atom stereocenters. The lowest BCUT2D eigenvalue weighted by atomic mass is 10.1. The number of likely N-dealkylation sites (N-methyl/N-ethyl adjacent to an activating group) is 1. The van der Waals surface area contributed by atoms with Gasteiger partial charge in [-0.3, -0.25) is 0 Å². The number of hydrogen-bond acceptors (Lipinski definition) is 3. The van der Waals surface area contributed by atoms with Gasteiger partial charge >= 0.3 is 0 Å². The lowest BCUT2D eigenvalue weighted by molar-refractivity contribution is 0.363. The first-order valence-electron chi connectivity index (χ1n) is 9.04. The average Bonchev–Trinajstić information content (AvgIpc) is 2.70. The van der Waals surface area contributed by atoms with Crippen molar-refractivity contribution in [2.24, 2.45) is 0 Å². The van der Waals surface area contributed by atoms with Crippen LogP contribution in [0.4, 0.5) is 0 Å². The second kappa shape index (κ2) is 9.28. The van der Waals surface area contributed by atoms with Gasteiger partial charge in [0, 0.05) is 6.54 Å². The van der Waals surface area contributed by atoms with Crippen molar-refractivity contribution in [1.82, 2.24) is 9.62 Å². The summed E-state index contributed by atoms with van der Waals surface area (Å²) in [5, 5.41) is 0.815. The van der Waals surface area contributed by atoms with Crippen LogP contribution in [0, 0.1) is 0 Å². The largest absolute Gasteiger partial charge is 0.307 e. The number of nitrogens with zero attached hydrogens (tertiary/aromatic N) is 1. The maximum Gasteiger partial charge on any atom is 0.241 e. The van der Waals surface area contributed by atoms with Crippen molar-refractivity contribution in [1.29, 1.82) is 0 Å². The van der Waals surface area contributed by atoms with E-state index >= 15 is 0 Å². The van der Waals surface area contributed by atoms with Crippen molar-refractivity contribution in [3.8, 4) is 11.1 Å². The van der Waals surface area contributed by atoms with Crippen molar-refractivity contribution < 1.29 is 8.42 Å². The molecule has 0 bridgehead atoms. The molecule has 1 N–H and O–H groups in total. The Balaban J connectivity index is 1.93. The van der Waals surface area contributed by atoms with Crippen LogP contribution >= 0.6 is 23.2 Å². The van der Waals surface area contributed by atoms with Crippen molar-refractivity contribution >= 4 is 33.2 Å². The van der Waals surface area contributed by atoms with Gasteiger partial charge in [0.2, 0.25) is 10.0 Å². The highest BCUT2D eigenvalue weighted by Crippen LogP contribution is 2.28. The number of hydrogen-bond donors (Lipinski definition) is 1. The molecule has 0 aliphatic carbocycles. The summed E-state index contributed by atoms with van der Waals surface area (Å²) in [6, 6.07) is 21.3. The van der Waals surface area contributed by atoms with Crippen LogP contribution in [0.3, 0.4) is 0 Å². The van der Waals surface area contributed by atoms with Crippen LogP contribution in [-0.2, 0) is 10.0 Å². The summed E-state index contributed by atoms with van der Waals surface area (Å²) in [4.78, 5) is 2.12. The molecule has 0 saturated heterocycles. The van der Waals surface area contributed by atoms with Gasteiger partial charge in [0.15, 0.2) is 0 Å². The topological polar surface area (TPSA) is 49.4 Å². The molecule has 3 rings (SSSR count). The van der Waals surface area contributed by atoms with E-state index in [0.717, 1.165) is 16.7 Å². The Morgan fingerprint density at radius 2 is 1.55 bits per heavy atom. The molecule has 152 valence electrons. The van der Waals surface area contributed by atoms with Gasteiger partial charge in [0.1, 0.15) is 0 Å². The summed E-state index contributed by atoms with van der Waals surface area (Å²) in [6.07, 6.45) is 0. The number of nitrogens with one attached hydrogen (secondary N) is 1. The van der Waals surface area contributed by atoms with Crippen molar-refractivity contribution in [2.75, 3.05) is 20.6 Å². The van der Waals surface area contributed by atoms with E-state index in [9.17, 15) is 8.42 Å². The molecule has 0 saturated carbocycles. The van der Waals surface area contributed by atoms with E-state index in [4.69, 9.17) is 23.2 Å². The smallest absolute Gasteiger partial charge is 0.241 e. The van der Waals surface area contributed by atoms with Crippen LogP contribution in [0.15, 0.2) is 77.7 Å². The first-order valence-corrected chi connectivity index (χ1v) is 11.3. The number of benzene rings is 3. The predicted molar refractivity (Wildman–Crippen MR) is 120 cm³/mol. The molecule has 0 spiro atoms. The summed E-state index contributed by atoms with van der Waals surface area (Å²) in [5.41, 5.74) is 2.54. The van der Waals surface area contributed by atoms with Gasteiger partial charge in [-0.25, -0.2) is 13.1 Å². The molecule has 0 aromatic heterocycles. The molecular formula is C22H22Cl2N2O2S. The molecule has 0 radical (unpaired) electrons. The number of rotatable bonds is 7. The number of sulfonamides is 1. The average molecular weight is 449 g/mol. The van der Waals surface area contributed by atoms with Crippen LogP contribution in [0.25, 0.3) is 11.1 Å². The van der Waals surface area contributed by atoms with E-state index in [2.05, 4.69) is 4.72 Å². The fraction of sp³-hybridized carbons (Fsp3) is 0.182.